The molecule has 0 unspecified atom stereocenters. The third-order valence-electron chi connectivity index (χ3n) is 4.51. The molecule has 0 heterocycles. The number of rotatable bonds is 8. The van der Waals surface area contributed by atoms with Crippen LogP contribution in [0.1, 0.15) is 26.3 Å². The van der Waals surface area contributed by atoms with Gasteiger partial charge in [0.15, 0.2) is 0 Å². The van der Waals surface area contributed by atoms with Crippen molar-refractivity contribution < 1.29 is 19.1 Å². The summed E-state index contributed by atoms with van der Waals surface area (Å²) in [6.07, 6.45) is 0. The minimum Gasteiger partial charge on any atom is -0.465 e. The Kier molecular flexibility index (Phi) is 7.37. The first-order valence-corrected chi connectivity index (χ1v) is 9.70. The molecule has 7 nitrogen and oxygen atoms in total. The van der Waals surface area contributed by atoms with Crippen LogP contribution in [-0.4, -0.2) is 31.4 Å². The van der Waals surface area contributed by atoms with Crippen LogP contribution >= 0.6 is 0 Å². The second kappa shape index (κ2) is 10.6. The molecular formula is C24H23N3O4. The number of benzene rings is 3. The molecule has 31 heavy (non-hydrogen) atoms. The van der Waals surface area contributed by atoms with Gasteiger partial charge in [-0.1, -0.05) is 54.6 Å². The first kappa shape index (κ1) is 21.6. The largest absolute Gasteiger partial charge is 0.465 e. The molecule has 0 aliphatic heterocycles. The highest BCUT2D eigenvalue weighted by atomic mass is 16.5. The Morgan fingerprint density at radius 2 is 1.39 bits per heavy atom. The molecule has 0 bridgehead atoms. The summed E-state index contributed by atoms with van der Waals surface area (Å²) < 4.78 is 4.73. The first-order valence-electron chi connectivity index (χ1n) is 9.70. The highest BCUT2D eigenvalue weighted by Crippen LogP contribution is 2.17. The normalized spacial score (nSPS) is 10.1. The maximum Gasteiger partial charge on any atom is 0.339 e. The van der Waals surface area contributed by atoms with Gasteiger partial charge >= 0.3 is 5.97 Å². The topological polar surface area (TPSA) is 96.5 Å². The molecule has 0 saturated carbocycles. The monoisotopic (exact) mass is 417 g/mol. The minimum atomic E-state index is -0.538. The van der Waals surface area contributed by atoms with Gasteiger partial charge in [0, 0.05) is 12.2 Å². The third-order valence-corrected chi connectivity index (χ3v) is 4.51. The standard InChI is InChI=1S/C24H23N3O4/c1-31-24(30)19-12-6-8-14-21(19)27-22(28)16-25-20-13-7-5-11-18(20)23(29)26-15-17-9-3-2-4-10-17/h2-14,25H,15-16H2,1H3,(H,26,29)(H,27,28). The number of nitrogens with one attached hydrogen (secondary N) is 3. The lowest BCUT2D eigenvalue weighted by Crippen LogP contribution is -2.26. The Morgan fingerprint density at radius 3 is 2.10 bits per heavy atom. The van der Waals surface area contributed by atoms with E-state index in [1.54, 1.807) is 48.5 Å². The molecule has 0 aromatic heterocycles. The van der Waals surface area contributed by atoms with Crippen molar-refractivity contribution in [3.63, 3.8) is 0 Å². The lowest BCUT2D eigenvalue weighted by atomic mass is 10.1. The van der Waals surface area contributed by atoms with Crippen LogP contribution in [0.3, 0.4) is 0 Å². The lowest BCUT2D eigenvalue weighted by molar-refractivity contribution is -0.114. The van der Waals surface area contributed by atoms with Crippen LogP contribution in [0.15, 0.2) is 78.9 Å². The highest BCUT2D eigenvalue weighted by Gasteiger charge is 2.15. The van der Waals surface area contributed by atoms with E-state index in [1.165, 1.54) is 7.11 Å². The summed E-state index contributed by atoms with van der Waals surface area (Å²) in [4.78, 5) is 36.9. The summed E-state index contributed by atoms with van der Waals surface area (Å²) in [6, 6.07) is 23.1. The summed E-state index contributed by atoms with van der Waals surface area (Å²) in [5.74, 6) is -1.15. The van der Waals surface area contributed by atoms with Crippen LogP contribution in [0.25, 0.3) is 0 Å². The zero-order chi connectivity index (χ0) is 22.1. The van der Waals surface area contributed by atoms with Crippen molar-refractivity contribution in [3.8, 4) is 0 Å². The van der Waals surface area contributed by atoms with Crippen molar-refractivity contribution in [2.75, 3.05) is 24.3 Å². The Morgan fingerprint density at radius 1 is 0.774 bits per heavy atom. The molecule has 0 atom stereocenters. The molecule has 2 amide bonds. The van der Waals surface area contributed by atoms with Crippen LogP contribution in [-0.2, 0) is 16.1 Å². The number of ether oxygens (including phenoxy) is 1. The van der Waals surface area contributed by atoms with Crippen molar-refractivity contribution >= 4 is 29.2 Å². The van der Waals surface area contributed by atoms with Gasteiger partial charge in [-0.25, -0.2) is 4.79 Å². The average molecular weight is 417 g/mol. The van der Waals surface area contributed by atoms with Gasteiger partial charge < -0.3 is 20.7 Å². The zero-order valence-electron chi connectivity index (χ0n) is 17.1. The fourth-order valence-corrected chi connectivity index (χ4v) is 2.96. The molecular weight excluding hydrogens is 394 g/mol. The molecule has 3 N–H and O–H groups in total. The van der Waals surface area contributed by atoms with E-state index in [1.807, 2.05) is 30.3 Å². The van der Waals surface area contributed by atoms with E-state index >= 15 is 0 Å². The molecule has 0 aliphatic rings. The number of hydrogen-bond acceptors (Lipinski definition) is 5. The van der Waals surface area contributed by atoms with Gasteiger partial charge in [-0.15, -0.1) is 0 Å². The summed E-state index contributed by atoms with van der Waals surface area (Å²) in [7, 11) is 1.28. The molecule has 158 valence electrons. The number of methoxy groups -OCH3 is 1. The Labute approximate surface area is 180 Å². The van der Waals surface area contributed by atoms with Crippen LogP contribution in [0.4, 0.5) is 11.4 Å². The van der Waals surface area contributed by atoms with E-state index in [0.29, 0.717) is 23.5 Å². The molecule has 7 heteroatoms. The van der Waals surface area contributed by atoms with Crippen molar-refractivity contribution in [2.24, 2.45) is 0 Å². The molecule has 0 saturated heterocycles. The fourth-order valence-electron chi connectivity index (χ4n) is 2.96. The Hall–Kier alpha value is -4.13. The molecule has 0 spiro atoms. The predicted octanol–water partition coefficient (Wildman–Crippen LogP) is 3.45. The number of hydrogen-bond donors (Lipinski definition) is 3. The van der Waals surface area contributed by atoms with Crippen LogP contribution < -0.4 is 16.0 Å². The van der Waals surface area contributed by atoms with E-state index in [9.17, 15) is 14.4 Å². The molecule has 3 rings (SSSR count). The van der Waals surface area contributed by atoms with E-state index in [2.05, 4.69) is 16.0 Å². The van der Waals surface area contributed by atoms with Crippen LogP contribution in [0.5, 0.6) is 0 Å². The van der Waals surface area contributed by atoms with Gasteiger partial charge in [0.1, 0.15) is 0 Å². The van der Waals surface area contributed by atoms with Gasteiger partial charge in [-0.2, -0.15) is 0 Å². The maximum absolute atomic E-state index is 12.6. The van der Waals surface area contributed by atoms with E-state index in [4.69, 9.17) is 4.74 Å². The van der Waals surface area contributed by atoms with Crippen LogP contribution in [0, 0.1) is 0 Å². The lowest BCUT2D eigenvalue weighted by Gasteiger charge is -2.13. The van der Waals surface area contributed by atoms with Gasteiger partial charge in [0.2, 0.25) is 5.91 Å². The summed E-state index contributed by atoms with van der Waals surface area (Å²) in [6.45, 7) is 0.317. The second-order valence-electron chi connectivity index (χ2n) is 6.65. The van der Waals surface area contributed by atoms with Crippen molar-refractivity contribution in [2.45, 2.75) is 6.54 Å². The smallest absolute Gasteiger partial charge is 0.339 e. The molecule has 3 aromatic rings. The maximum atomic E-state index is 12.6. The Balaban J connectivity index is 1.62. The number of esters is 1. The predicted molar refractivity (Wildman–Crippen MR) is 119 cm³/mol. The van der Waals surface area contributed by atoms with E-state index in [-0.39, 0.29) is 23.9 Å². The SMILES string of the molecule is COC(=O)c1ccccc1NC(=O)CNc1ccccc1C(=O)NCc1ccccc1. The third kappa shape index (κ3) is 5.93. The first-order chi connectivity index (χ1) is 15.1. The number of anilines is 2. The average Bonchev–Trinajstić information content (AvgIpc) is 2.82. The molecule has 0 aliphatic carbocycles. The van der Waals surface area contributed by atoms with Crippen molar-refractivity contribution in [3.05, 3.63) is 95.6 Å². The molecule has 3 aromatic carbocycles. The van der Waals surface area contributed by atoms with Gasteiger partial charge in [0.25, 0.3) is 5.91 Å². The Bertz CT molecular complexity index is 1070. The molecule has 0 radical (unpaired) electrons. The zero-order valence-corrected chi connectivity index (χ0v) is 17.1. The number of amides is 2. The van der Waals surface area contributed by atoms with E-state index in [0.717, 1.165) is 5.56 Å². The second-order valence-corrected chi connectivity index (χ2v) is 6.65. The number of carbonyl (C=O) groups is 3. The number of carbonyl (C=O) groups excluding carboxylic acids is 3. The summed E-state index contributed by atoms with van der Waals surface area (Å²) in [5, 5.41) is 8.55. The van der Waals surface area contributed by atoms with Crippen molar-refractivity contribution in [1.82, 2.24) is 5.32 Å². The minimum absolute atomic E-state index is 0.0848. The highest BCUT2D eigenvalue weighted by molar-refractivity contribution is 6.03. The quantitative estimate of drug-likeness (QED) is 0.488. The fraction of sp³-hybridized carbons (Fsp3) is 0.125. The summed E-state index contributed by atoms with van der Waals surface area (Å²) in [5.41, 5.74) is 2.57. The van der Waals surface area contributed by atoms with Crippen molar-refractivity contribution in [1.29, 1.82) is 0 Å². The van der Waals surface area contributed by atoms with Crippen LogP contribution in [0.2, 0.25) is 0 Å². The van der Waals surface area contributed by atoms with Gasteiger partial charge in [-0.3, -0.25) is 9.59 Å². The van der Waals surface area contributed by atoms with Gasteiger partial charge in [-0.05, 0) is 29.8 Å². The number of para-hydroxylation sites is 2. The van der Waals surface area contributed by atoms with Gasteiger partial charge in [0.05, 0.1) is 30.5 Å². The van der Waals surface area contributed by atoms with E-state index < -0.39 is 5.97 Å². The molecule has 0 fully saturated rings. The summed E-state index contributed by atoms with van der Waals surface area (Å²) >= 11 is 0.